The third-order valence-corrected chi connectivity index (χ3v) is 4.67. The van der Waals surface area contributed by atoms with Crippen LogP contribution in [0.3, 0.4) is 0 Å². The summed E-state index contributed by atoms with van der Waals surface area (Å²) in [5, 5.41) is 0. The Morgan fingerprint density at radius 1 is 0.889 bits per heavy atom. The molecule has 1 atom stereocenters. The molecular formula is C22H35F2NO2. The molecule has 27 heavy (non-hydrogen) atoms. The lowest BCUT2D eigenvalue weighted by atomic mass is 10.1. The second-order valence-electron chi connectivity index (χ2n) is 7.29. The summed E-state index contributed by atoms with van der Waals surface area (Å²) in [4.78, 5) is 11.9. The number of esters is 1. The van der Waals surface area contributed by atoms with Crippen molar-refractivity contribution in [1.29, 1.82) is 0 Å². The highest BCUT2D eigenvalue weighted by Gasteiger charge is 2.16. The molecule has 0 saturated carbocycles. The second-order valence-corrected chi connectivity index (χ2v) is 7.29. The lowest BCUT2D eigenvalue weighted by Crippen LogP contribution is -2.34. The van der Waals surface area contributed by atoms with Crippen LogP contribution in [0.5, 0.6) is 0 Å². The van der Waals surface area contributed by atoms with Gasteiger partial charge in [0.05, 0.1) is 6.61 Å². The molecule has 0 saturated heterocycles. The fourth-order valence-electron chi connectivity index (χ4n) is 3.11. The van der Waals surface area contributed by atoms with Crippen molar-refractivity contribution in [2.24, 2.45) is 5.73 Å². The first-order valence-corrected chi connectivity index (χ1v) is 10.4. The number of unbranched alkanes of at least 4 members (excludes halogenated alkanes) is 10. The average molecular weight is 384 g/mol. The van der Waals surface area contributed by atoms with Gasteiger partial charge in [-0.2, -0.15) is 0 Å². The van der Waals surface area contributed by atoms with Gasteiger partial charge in [0.2, 0.25) is 0 Å². The highest BCUT2D eigenvalue weighted by Crippen LogP contribution is 2.12. The van der Waals surface area contributed by atoms with Crippen LogP contribution in [0.15, 0.2) is 18.2 Å². The highest BCUT2D eigenvalue weighted by molar-refractivity contribution is 5.75. The van der Waals surface area contributed by atoms with Gasteiger partial charge in [0.1, 0.15) is 17.7 Å². The predicted octanol–water partition coefficient (Wildman–Crippen LogP) is 5.69. The van der Waals surface area contributed by atoms with Crippen molar-refractivity contribution >= 4 is 5.97 Å². The Kier molecular flexibility index (Phi) is 12.7. The summed E-state index contributed by atoms with van der Waals surface area (Å²) in [5.41, 5.74) is 6.12. The van der Waals surface area contributed by atoms with Gasteiger partial charge < -0.3 is 10.5 Å². The summed E-state index contributed by atoms with van der Waals surface area (Å²) in [6.07, 6.45) is 13.6. The molecule has 0 spiro atoms. The van der Waals surface area contributed by atoms with E-state index in [-0.39, 0.29) is 6.42 Å². The predicted molar refractivity (Wildman–Crippen MR) is 105 cm³/mol. The topological polar surface area (TPSA) is 52.3 Å². The van der Waals surface area contributed by atoms with Crippen molar-refractivity contribution in [1.82, 2.24) is 0 Å². The summed E-state index contributed by atoms with van der Waals surface area (Å²) in [7, 11) is 0. The zero-order valence-corrected chi connectivity index (χ0v) is 16.7. The fourth-order valence-corrected chi connectivity index (χ4v) is 3.11. The van der Waals surface area contributed by atoms with Crippen molar-refractivity contribution in [3.8, 4) is 0 Å². The molecule has 0 heterocycles. The summed E-state index contributed by atoms with van der Waals surface area (Å²) >= 11 is 0. The minimum absolute atomic E-state index is 0.0613. The van der Waals surface area contributed by atoms with E-state index in [2.05, 4.69) is 6.92 Å². The third kappa shape index (κ3) is 11.8. The first-order valence-electron chi connectivity index (χ1n) is 10.4. The van der Waals surface area contributed by atoms with E-state index in [1.54, 1.807) is 0 Å². The Labute approximate surface area is 162 Å². The molecule has 1 aromatic carbocycles. The van der Waals surface area contributed by atoms with Crippen LogP contribution in [0.25, 0.3) is 0 Å². The molecule has 2 N–H and O–H groups in total. The van der Waals surface area contributed by atoms with Gasteiger partial charge in [-0.3, -0.25) is 4.79 Å². The molecule has 1 rings (SSSR count). The highest BCUT2D eigenvalue weighted by atomic mass is 19.1. The van der Waals surface area contributed by atoms with Crippen LogP contribution in [-0.2, 0) is 16.0 Å². The Morgan fingerprint density at radius 2 is 1.37 bits per heavy atom. The quantitative estimate of drug-likeness (QED) is 0.313. The Morgan fingerprint density at radius 3 is 1.89 bits per heavy atom. The van der Waals surface area contributed by atoms with Crippen LogP contribution in [0, 0.1) is 11.6 Å². The van der Waals surface area contributed by atoms with Crippen LogP contribution in [0.2, 0.25) is 0 Å². The molecule has 3 nitrogen and oxygen atoms in total. The molecule has 0 aliphatic heterocycles. The summed E-state index contributed by atoms with van der Waals surface area (Å²) < 4.78 is 31.5. The molecule has 1 aromatic rings. The van der Waals surface area contributed by atoms with Crippen LogP contribution in [0.4, 0.5) is 8.78 Å². The lowest BCUT2D eigenvalue weighted by molar-refractivity contribution is -0.145. The number of hydrogen-bond donors (Lipinski definition) is 1. The Balaban J connectivity index is 2.02. The van der Waals surface area contributed by atoms with Gasteiger partial charge in [0, 0.05) is 6.07 Å². The zero-order valence-electron chi connectivity index (χ0n) is 16.7. The van der Waals surface area contributed by atoms with Crippen molar-refractivity contribution < 1.29 is 18.3 Å². The minimum atomic E-state index is -0.904. The smallest absolute Gasteiger partial charge is 0.323 e. The molecule has 0 amide bonds. The van der Waals surface area contributed by atoms with Gasteiger partial charge in [-0.05, 0) is 30.5 Å². The maximum absolute atomic E-state index is 13.2. The van der Waals surface area contributed by atoms with Gasteiger partial charge in [0.25, 0.3) is 0 Å². The first-order chi connectivity index (χ1) is 13.0. The van der Waals surface area contributed by atoms with E-state index >= 15 is 0 Å². The van der Waals surface area contributed by atoms with Crippen molar-refractivity contribution in [2.75, 3.05) is 6.61 Å². The van der Waals surface area contributed by atoms with Gasteiger partial charge in [-0.1, -0.05) is 71.1 Å². The van der Waals surface area contributed by atoms with E-state index in [0.29, 0.717) is 12.2 Å². The van der Waals surface area contributed by atoms with Crippen molar-refractivity contribution in [3.05, 3.63) is 35.4 Å². The number of rotatable bonds is 15. The number of hydrogen-bond acceptors (Lipinski definition) is 3. The lowest BCUT2D eigenvalue weighted by Gasteiger charge is -2.12. The number of benzene rings is 1. The monoisotopic (exact) mass is 383 g/mol. The molecule has 0 radical (unpaired) electrons. The number of carbonyl (C=O) groups excluding carboxylic acids is 1. The molecule has 0 unspecified atom stereocenters. The molecule has 0 bridgehead atoms. The Bertz CT molecular complexity index is 517. The first kappa shape index (κ1) is 23.5. The van der Waals surface area contributed by atoms with Crippen LogP contribution < -0.4 is 5.73 Å². The number of ether oxygens (including phenoxy) is 1. The van der Waals surface area contributed by atoms with Gasteiger partial charge in [-0.15, -0.1) is 0 Å². The van der Waals surface area contributed by atoms with E-state index < -0.39 is 23.6 Å². The number of nitrogens with two attached hydrogens (primary N) is 1. The molecule has 5 heteroatoms. The second kappa shape index (κ2) is 14.6. The van der Waals surface area contributed by atoms with E-state index in [0.717, 1.165) is 25.3 Å². The van der Waals surface area contributed by atoms with Crippen LogP contribution in [-0.4, -0.2) is 18.6 Å². The van der Waals surface area contributed by atoms with E-state index in [1.165, 1.54) is 63.5 Å². The largest absolute Gasteiger partial charge is 0.465 e. The Hall–Kier alpha value is -1.49. The summed E-state index contributed by atoms with van der Waals surface area (Å²) in [5.74, 6) is -1.87. The molecule has 0 aliphatic rings. The number of carbonyl (C=O) groups is 1. The van der Waals surface area contributed by atoms with Crippen molar-refractivity contribution in [3.63, 3.8) is 0 Å². The van der Waals surface area contributed by atoms with E-state index in [9.17, 15) is 13.6 Å². The fraction of sp³-hybridized carbons (Fsp3) is 0.682. The standard InChI is InChI=1S/C22H35F2NO2/c1-2-3-4-5-6-7-8-9-10-11-12-13-27-22(26)21(25)16-18-14-19(23)17-20(24)15-18/h14-15,17,21H,2-13,16,25H2,1H3/t21-/m0/s1. The third-order valence-electron chi connectivity index (χ3n) is 4.67. The average Bonchev–Trinajstić information content (AvgIpc) is 2.61. The van der Waals surface area contributed by atoms with Gasteiger partial charge in [-0.25, -0.2) is 8.78 Å². The van der Waals surface area contributed by atoms with Crippen LogP contribution in [0.1, 0.15) is 83.1 Å². The SMILES string of the molecule is CCCCCCCCCCCCCOC(=O)[C@@H](N)Cc1cc(F)cc(F)c1. The molecule has 0 fully saturated rings. The normalized spacial score (nSPS) is 12.1. The summed E-state index contributed by atoms with van der Waals surface area (Å²) in [6, 6.07) is 2.25. The van der Waals surface area contributed by atoms with Crippen molar-refractivity contribution in [2.45, 2.75) is 90.0 Å². The van der Waals surface area contributed by atoms with E-state index in [1.807, 2.05) is 0 Å². The molecule has 0 aliphatic carbocycles. The minimum Gasteiger partial charge on any atom is -0.465 e. The van der Waals surface area contributed by atoms with E-state index in [4.69, 9.17) is 10.5 Å². The summed E-state index contributed by atoms with van der Waals surface area (Å²) in [6.45, 7) is 2.58. The molecule has 0 aromatic heterocycles. The van der Waals surface area contributed by atoms with Crippen LogP contribution >= 0.6 is 0 Å². The molecule has 154 valence electrons. The van der Waals surface area contributed by atoms with Gasteiger partial charge in [0.15, 0.2) is 0 Å². The van der Waals surface area contributed by atoms with Gasteiger partial charge >= 0.3 is 5.97 Å². The maximum Gasteiger partial charge on any atom is 0.323 e. The maximum atomic E-state index is 13.2. The molecular weight excluding hydrogens is 348 g/mol. The zero-order chi connectivity index (χ0) is 19.9. The number of halogens is 2.